The van der Waals surface area contributed by atoms with Crippen LogP contribution in [0.4, 0.5) is 5.00 Å². The summed E-state index contributed by atoms with van der Waals surface area (Å²) in [6.45, 7) is 1.80. The molecule has 1 aromatic heterocycles. The lowest BCUT2D eigenvalue weighted by Gasteiger charge is -2.13. The summed E-state index contributed by atoms with van der Waals surface area (Å²) < 4.78 is 16.2. The molecule has 1 aliphatic rings. The number of hydrogen-bond acceptors (Lipinski definition) is 8. The first-order chi connectivity index (χ1) is 18.7. The van der Waals surface area contributed by atoms with Crippen molar-refractivity contribution in [2.45, 2.75) is 32.8 Å². The van der Waals surface area contributed by atoms with Crippen LogP contribution in [0.3, 0.4) is 0 Å². The zero-order valence-electron chi connectivity index (χ0n) is 21.4. The van der Waals surface area contributed by atoms with Crippen molar-refractivity contribution in [2.75, 3.05) is 19.5 Å². The lowest BCUT2D eigenvalue weighted by atomic mass is 10.1. The maximum absolute atomic E-state index is 12.5. The maximum Gasteiger partial charge on any atom is 0.341 e. The molecule has 0 bridgehead atoms. The van der Waals surface area contributed by atoms with E-state index < -0.39 is 17.8 Å². The van der Waals surface area contributed by atoms with Crippen LogP contribution in [0.25, 0.3) is 0 Å². The van der Waals surface area contributed by atoms with Gasteiger partial charge in [0.1, 0.15) is 11.6 Å². The van der Waals surface area contributed by atoms with Gasteiger partial charge in [-0.1, -0.05) is 29.3 Å². The molecule has 0 fully saturated rings. The molecule has 3 aromatic rings. The van der Waals surface area contributed by atoms with Crippen molar-refractivity contribution in [3.63, 3.8) is 0 Å². The molecule has 12 heteroatoms. The fourth-order valence-electron chi connectivity index (χ4n) is 4.05. The van der Waals surface area contributed by atoms with E-state index >= 15 is 0 Å². The van der Waals surface area contributed by atoms with E-state index in [2.05, 4.69) is 15.8 Å². The number of ether oxygens (including phenoxy) is 3. The van der Waals surface area contributed by atoms with Crippen LogP contribution in [0, 0.1) is 0 Å². The smallest absolute Gasteiger partial charge is 0.341 e. The maximum atomic E-state index is 12.5. The van der Waals surface area contributed by atoms with E-state index in [1.807, 2.05) is 0 Å². The number of benzene rings is 2. The van der Waals surface area contributed by atoms with Gasteiger partial charge in [0.15, 0.2) is 11.5 Å². The number of aryl methyl sites for hydroxylation is 1. The predicted octanol–water partition coefficient (Wildman–Crippen LogP) is 5.40. The summed E-state index contributed by atoms with van der Waals surface area (Å²) in [7, 11) is 2.77. The van der Waals surface area contributed by atoms with Gasteiger partial charge in [-0.25, -0.2) is 10.2 Å². The summed E-state index contributed by atoms with van der Waals surface area (Å²) in [6, 6.07) is 10.3. The molecule has 2 amide bonds. The van der Waals surface area contributed by atoms with Crippen molar-refractivity contribution in [1.82, 2.24) is 5.43 Å². The Morgan fingerprint density at radius 1 is 1.03 bits per heavy atom. The molecular formula is C27H25Cl2N3O6S. The Hall–Kier alpha value is -3.60. The first-order valence-electron chi connectivity index (χ1n) is 11.9. The number of carbonyl (C=O) groups excluding carboxylic acids is 3. The minimum Gasteiger partial charge on any atom is -0.493 e. The van der Waals surface area contributed by atoms with Gasteiger partial charge in [0.2, 0.25) is 0 Å². The monoisotopic (exact) mass is 589 g/mol. The number of nitrogens with zero attached hydrogens (tertiary/aromatic N) is 1. The number of rotatable bonds is 8. The van der Waals surface area contributed by atoms with E-state index in [9.17, 15) is 14.4 Å². The zero-order chi connectivity index (χ0) is 28.1. The van der Waals surface area contributed by atoms with Gasteiger partial charge in [-0.2, -0.15) is 5.10 Å². The van der Waals surface area contributed by atoms with Crippen LogP contribution in [0.2, 0.25) is 10.0 Å². The lowest BCUT2D eigenvalue weighted by Crippen LogP contribution is -2.33. The lowest BCUT2D eigenvalue weighted by molar-refractivity contribution is -0.136. The van der Waals surface area contributed by atoms with Crippen LogP contribution < -0.4 is 20.2 Å². The summed E-state index contributed by atoms with van der Waals surface area (Å²) in [5.41, 5.74) is 5.11. The molecule has 39 heavy (non-hydrogen) atoms. The summed E-state index contributed by atoms with van der Waals surface area (Å²) in [5, 5.41) is 7.84. The molecule has 0 saturated heterocycles. The highest BCUT2D eigenvalue weighted by molar-refractivity contribution is 7.17. The second-order valence-electron chi connectivity index (χ2n) is 8.50. The van der Waals surface area contributed by atoms with Gasteiger partial charge in [-0.05, 0) is 62.1 Å². The second-order valence-corrected chi connectivity index (χ2v) is 10.4. The van der Waals surface area contributed by atoms with Gasteiger partial charge in [-0.3, -0.25) is 9.59 Å². The van der Waals surface area contributed by atoms with Crippen molar-refractivity contribution >= 4 is 63.0 Å². The Morgan fingerprint density at radius 2 is 1.77 bits per heavy atom. The van der Waals surface area contributed by atoms with Crippen molar-refractivity contribution in [2.24, 2.45) is 5.10 Å². The number of amides is 2. The Balaban J connectivity index is 1.41. The highest BCUT2D eigenvalue weighted by atomic mass is 35.5. The predicted molar refractivity (Wildman–Crippen MR) is 150 cm³/mol. The molecule has 0 aliphatic heterocycles. The third kappa shape index (κ3) is 6.35. The minimum absolute atomic E-state index is 0.136. The van der Waals surface area contributed by atoms with Crippen molar-refractivity contribution in [3.05, 3.63) is 73.6 Å². The van der Waals surface area contributed by atoms with Crippen molar-refractivity contribution < 1.29 is 28.6 Å². The molecule has 2 N–H and O–H groups in total. The molecule has 1 heterocycles. The number of nitrogens with one attached hydrogen (secondary N) is 2. The third-order valence-electron chi connectivity index (χ3n) is 6.08. The second kappa shape index (κ2) is 12.5. The number of methoxy groups -OCH3 is 2. The van der Waals surface area contributed by atoms with Gasteiger partial charge in [0.05, 0.1) is 25.5 Å². The van der Waals surface area contributed by atoms with Crippen LogP contribution in [0.15, 0.2) is 41.5 Å². The summed E-state index contributed by atoms with van der Waals surface area (Å²) >= 11 is 13.7. The van der Waals surface area contributed by atoms with E-state index in [1.165, 1.54) is 25.6 Å². The minimum atomic E-state index is -0.984. The van der Waals surface area contributed by atoms with Gasteiger partial charge in [0.25, 0.3) is 0 Å². The van der Waals surface area contributed by atoms with E-state index in [-0.39, 0.29) is 6.61 Å². The number of hydrogen-bond donors (Lipinski definition) is 2. The molecule has 0 saturated carbocycles. The van der Waals surface area contributed by atoms with Gasteiger partial charge >= 0.3 is 17.8 Å². The Kier molecular flexibility index (Phi) is 9.11. The number of thiophene rings is 1. The Morgan fingerprint density at radius 3 is 2.46 bits per heavy atom. The van der Waals surface area contributed by atoms with Gasteiger partial charge in [-0.15, -0.1) is 11.3 Å². The molecule has 0 spiro atoms. The molecular weight excluding hydrogens is 565 g/mol. The molecule has 9 nitrogen and oxygen atoms in total. The molecule has 2 aromatic carbocycles. The Labute approximate surface area is 239 Å². The van der Waals surface area contributed by atoms with Crippen molar-refractivity contribution in [1.29, 1.82) is 0 Å². The summed E-state index contributed by atoms with van der Waals surface area (Å²) in [5.74, 6) is -1.60. The van der Waals surface area contributed by atoms with Crippen LogP contribution >= 0.6 is 34.5 Å². The van der Waals surface area contributed by atoms with Gasteiger partial charge < -0.3 is 19.5 Å². The zero-order valence-corrected chi connectivity index (χ0v) is 23.7. The highest BCUT2D eigenvalue weighted by Gasteiger charge is 2.29. The number of esters is 1. The van der Waals surface area contributed by atoms with Gasteiger partial charge in [0, 0.05) is 26.0 Å². The molecule has 4 rings (SSSR count). The standard InChI is InChI=1S/C27H25Cl2N3O6S/c1-14(15-10-11-20(21(12-15)36-2)38-13-17-18(28)7-5-8-19(17)29)31-32-25(34)24(33)30-26-23(27(35)37-3)16-6-4-9-22(16)39-26/h5,7-8,10-12H,4,6,9,13H2,1-3H3,(H,30,33)(H,32,34)/b31-14+. The summed E-state index contributed by atoms with van der Waals surface area (Å²) in [4.78, 5) is 38.3. The van der Waals surface area contributed by atoms with Crippen molar-refractivity contribution in [3.8, 4) is 11.5 Å². The third-order valence-corrected chi connectivity index (χ3v) is 8.00. The van der Waals surface area contributed by atoms with Crippen LogP contribution in [-0.2, 0) is 33.8 Å². The topological polar surface area (TPSA) is 115 Å². The Bertz CT molecular complexity index is 1450. The molecule has 0 radical (unpaired) electrons. The first-order valence-corrected chi connectivity index (χ1v) is 13.4. The number of fused-ring (bicyclic) bond motifs is 1. The number of carbonyl (C=O) groups is 3. The highest BCUT2D eigenvalue weighted by Crippen LogP contribution is 2.39. The van der Waals surface area contributed by atoms with Crippen LogP contribution in [0.5, 0.6) is 11.5 Å². The fourth-order valence-corrected chi connectivity index (χ4v) is 5.83. The number of anilines is 1. The largest absolute Gasteiger partial charge is 0.493 e. The first kappa shape index (κ1) is 28.4. The van der Waals surface area contributed by atoms with Crippen LogP contribution in [-0.4, -0.2) is 37.7 Å². The SMILES string of the molecule is COC(=O)c1c(NC(=O)C(=O)N/N=C(\C)c2ccc(OCc3c(Cl)cccc3Cl)c(OC)c2)sc2c1CCC2. The number of hydrazone groups is 1. The number of halogens is 2. The van der Waals surface area contributed by atoms with E-state index in [0.29, 0.717) is 48.9 Å². The molecule has 0 unspecified atom stereocenters. The van der Waals surface area contributed by atoms with E-state index in [0.717, 1.165) is 29.7 Å². The average molecular weight is 590 g/mol. The normalized spacial score (nSPS) is 12.5. The fraction of sp³-hybridized carbons (Fsp3) is 0.259. The van der Waals surface area contributed by atoms with Crippen LogP contribution in [0.1, 0.15) is 45.3 Å². The van der Waals surface area contributed by atoms with E-state index in [1.54, 1.807) is 43.3 Å². The van der Waals surface area contributed by atoms with E-state index in [4.69, 9.17) is 37.4 Å². The molecule has 1 aliphatic carbocycles. The quantitative estimate of drug-likeness (QED) is 0.157. The molecule has 0 atom stereocenters. The summed E-state index contributed by atoms with van der Waals surface area (Å²) in [6.07, 6.45) is 2.47. The molecule has 204 valence electrons. The average Bonchev–Trinajstić information content (AvgIpc) is 3.51.